The molecule has 1 unspecified atom stereocenters. The van der Waals surface area contributed by atoms with Gasteiger partial charge in [0.25, 0.3) is 0 Å². The summed E-state index contributed by atoms with van der Waals surface area (Å²) >= 11 is 0. The van der Waals surface area contributed by atoms with Crippen LogP contribution in [-0.4, -0.2) is 19.5 Å². The summed E-state index contributed by atoms with van der Waals surface area (Å²) in [5.74, 6) is 1.16. The molecule has 1 saturated heterocycles. The zero-order chi connectivity index (χ0) is 12.4. The standard InChI is InChI=1S/C15H16O3/c1-16-14-6-3-2-5-12(14)11-13-7-9-15(18-13)8-4-10-17-15/h2-3,5-7,9,11H,4,8,10H2,1H3/b13-11-. The summed E-state index contributed by atoms with van der Waals surface area (Å²) in [4.78, 5) is 0. The van der Waals surface area contributed by atoms with E-state index < -0.39 is 5.79 Å². The first-order valence-electron chi connectivity index (χ1n) is 6.18. The predicted molar refractivity (Wildman–Crippen MR) is 69.1 cm³/mol. The molecule has 0 N–H and O–H groups in total. The normalized spacial score (nSPS) is 27.9. The minimum absolute atomic E-state index is 0.506. The maximum Gasteiger partial charge on any atom is 0.230 e. The monoisotopic (exact) mass is 244 g/mol. The summed E-state index contributed by atoms with van der Waals surface area (Å²) in [6, 6.07) is 7.87. The molecule has 0 aromatic heterocycles. The van der Waals surface area contributed by atoms with Crippen molar-refractivity contribution < 1.29 is 14.2 Å². The summed E-state index contributed by atoms with van der Waals surface area (Å²) in [5, 5.41) is 0. The van der Waals surface area contributed by atoms with Crippen LogP contribution in [0.5, 0.6) is 5.75 Å². The van der Waals surface area contributed by atoms with E-state index in [2.05, 4.69) is 0 Å². The molecule has 0 saturated carbocycles. The lowest BCUT2D eigenvalue weighted by molar-refractivity contribution is -0.135. The number of benzene rings is 1. The highest BCUT2D eigenvalue weighted by molar-refractivity contribution is 5.61. The maximum absolute atomic E-state index is 5.89. The molecule has 1 aromatic carbocycles. The molecule has 3 heteroatoms. The molecular weight excluding hydrogens is 228 g/mol. The van der Waals surface area contributed by atoms with Crippen LogP contribution in [0.3, 0.4) is 0 Å². The van der Waals surface area contributed by atoms with E-state index in [4.69, 9.17) is 14.2 Å². The molecule has 94 valence electrons. The van der Waals surface area contributed by atoms with Gasteiger partial charge in [0.2, 0.25) is 5.79 Å². The van der Waals surface area contributed by atoms with E-state index in [1.165, 1.54) is 0 Å². The molecule has 2 aliphatic rings. The molecule has 3 nitrogen and oxygen atoms in total. The van der Waals surface area contributed by atoms with Gasteiger partial charge in [-0.3, -0.25) is 0 Å². The maximum atomic E-state index is 5.89. The van der Waals surface area contributed by atoms with Crippen molar-refractivity contribution in [2.24, 2.45) is 0 Å². The molecule has 3 rings (SSSR count). The molecular formula is C15H16O3. The Kier molecular flexibility index (Phi) is 2.84. The summed E-state index contributed by atoms with van der Waals surface area (Å²) in [6.07, 6.45) is 7.92. The van der Waals surface area contributed by atoms with Crippen LogP contribution in [-0.2, 0) is 9.47 Å². The van der Waals surface area contributed by atoms with Crippen LogP contribution in [0.2, 0.25) is 0 Å². The molecule has 1 spiro atoms. The average Bonchev–Trinajstić information content (AvgIpc) is 3.01. The third-order valence-electron chi connectivity index (χ3n) is 3.24. The first-order valence-corrected chi connectivity index (χ1v) is 6.18. The zero-order valence-corrected chi connectivity index (χ0v) is 10.4. The summed E-state index contributed by atoms with van der Waals surface area (Å²) < 4.78 is 16.8. The van der Waals surface area contributed by atoms with Gasteiger partial charge >= 0.3 is 0 Å². The van der Waals surface area contributed by atoms with E-state index in [1.807, 2.05) is 42.5 Å². The van der Waals surface area contributed by atoms with Gasteiger partial charge in [0.1, 0.15) is 11.5 Å². The van der Waals surface area contributed by atoms with Crippen LogP contribution < -0.4 is 4.74 Å². The summed E-state index contributed by atoms with van der Waals surface area (Å²) in [6.45, 7) is 0.770. The van der Waals surface area contributed by atoms with Gasteiger partial charge in [0.15, 0.2) is 0 Å². The van der Waals surface area contributed by atoms with Crippen LogP contribution in [0, 0.1) is 0 Å². The van der Waals surface area contributed by atoms with Gasteiger partial charge < -0.3 is 14.2 Å². The number of methoxy groups -OCH3 is 1. The molecule has 1 atom stereocenters. The van der Waals surface area contributed by atoms with E-state index in [-0.39, 0.29) is 0 Å². The van der Waals surface area contributed by atoms with E-state index in [0.29, 0.717) is 0 Å². The van der Waals surface area contributed by atoms with Gasteiger partial charge in [-0.05, 0) is 30.7 Å². The molecule has 0 bridgehead atoms. The minimum Gasteiger partial charge on any atom is -0.496 e. The lowest BCUT2D eigenvalue weighted by Gasteiger charge is -2.20. The molecule has 2 aliphatic heterocycles. The molecule has 0 aliphatic carbocycles. The third-order valence-corrected chi connectivity index (χ3v) is 3.24. The molecule has 1 aromatic rings. The Labute approximate surface area is 107 Å². The first kappa shape index (κ1) is 11.4. The highest BCUT2D eigenvalue weighted by Gasteiger charge is 2.38. The van der Waals surface area contributed by atoms with Crippen molar-refractivity contribution in [1.82, 2.24) is 0 Å². The fraction of sp³-hybridized carbons (Fsp3) is 0.333. The van der Waals surface area contributed by atoms with Crippen molar-refractivity contribution >= 4 is 6.08 Å². The van der Waals surface area contributed by atoms with Crippen molar-refractivity contribution in [1.29, 1.82) is 0 Å². The van der Waals surface area contributed by atoms with Crippen LogP contribution in [0.25, 0.3) is 6.08 Å². The highest BCUT2D eigenvalue weighted by Crippen LogP contribution is 2.37. The van der Waals surface area contributed by atoms with Gasteiger partial charge in [-0.2, -0.15) is 0 Å². The Morgan fingerprint density at radius 3 is 3.00 bits per heavy atom. The van der Waals surface area contributed by atoms with Gasteiger partial charge in [-0.15, -0.1) is 0 Å². The zero-order valence-electron chi connectivity index (χ0n) is 10.4. The Bertz CT molecular complexity index is 496. The van der Waals surface area contributed by atoms with Crippen molar-refractivity contribution in [3.8, 4) is 5.75 Å². The van der Waals surface area contributed by atoms with Crippen LogP contribution >= 0.6 is 0 Å². The first-order chi connectivity index (χ1) is 8.81. The number of para-hydroxylation sites is 1. The molecule has 0 amide bonds. The summed E-state index contributed by atoms with van der Waals surface area (Å²) in [5.41, 5.74) is 1.01. The topological polar surface area (TPSA) is 27.7 Å². The van der Waals surface area contributed by atoms with Crippen molar-refractivity contribution in [3.63, 3.8) is 0 Å². The van der Waals surface area contributed by atoms with E-state index in [0.717, 1.165) is 36.5 Å². The van der Waals surface area contributed by atoms with E-state index in [1.54, 1.807) is 7.11 Å². The van der Waals surface area contributed by atoms with Crippen molar-refractivity contribution in [2.45, 2.75) is 18.6 Å². The number of hydrogen-bond donors (Lipinski definition) is 0. The number of hydrogen-bond acceptors (Lipinski definition) is 3. The van der Waals surface area contributed by atoms with E-state index >= 15 is 0 Å². The second kappa shape index (κ2) is 4.50. The Morgan fingerprint density at radius 1 is 1.33 bits per heavy atom. The molecule has 0 radical (unpaired) electrons. The third kappa shape index (κ3) is 2.02. The van der Waals surface area contributed by atoms with Crippen molar-refractivity contribution in [3.05, 3.63) is 47.7 Å². The van der Waals surface area contributed by atoms with Crippen LogP contribution in [0.15, 0.2) is 42.2 Å². The van der Waals surface area contributed by atoms with Gasteiger partial charge in [0, 0.05) is 12.0 Å². The average molecular weight is 244 g/mol. The van der Waals surface area contributed by atoms with Gasteiger partial charge in [-0.25, -0.2) is 0 Å². The van der Waals surface area contributed by atoms with Crippen molar-refractivity contribution in [2.75, 3.05) is 13.7 Å². The Morgan fingerprint density at radius 2 is 2.22 bits per heavy atom. The number of ether oxygens (including phenoxy) is 3. The smallest absolute Gasteiger partial charge is 0.230 e. The quantitative estimate of drug-likeness (QED) is 0.800. The van der Waals surface area contributed by atoms with Gasteiger partial charge in [-0.1, -0.05) is 18.2 Å². The fourth-order valence-corrected chi connectivity index (χ4v) is 2.34. The second-order valence-electron chi connectivity index (χ2n) is 4.49. The second-order valence-corrected chi connectivity index (χ2v) is 4.49. The van der Waals surface area contributed by atoms with E-state index in [9.17, 15) is 0 Å². The lowest BCUT2D eigenvalue weighted by Crippen LogP contribution is -2.24. The molecule has 2 heterocycles. The highest BCUT2D eigenvalue weighted by atomic mass is 16.7. The fourth-order valence-electron chi connectivity index (χ4n) is 2.34. The molecule has 18 heavy (non-hydrogen) atoms. The largest absolute Gasteiger partial charge is 0.496 e. The Hall–Kier alpha value is -1.74. The van der Waals surface area contributed by atoms with Crippen LogP contribution in [0.1, 0.15) is 18.4 Å². The predicted octanol–water partition coefficient (Wildman–Crippen LogP) is 3.13. The Balaban J connectivity index is 1.84. The minimum atomic E-state index is -0.506. The number of rotatable bonds is 2. The van der Waals surface area contributed by atoms with Gasteiger partial charge in [0.05, 0.1) is 13.7 Å². The lowest BCUT2D eigenvalue weighted by atomic mass is 10.2. The summed E-state index contributed by atoms with van der Waals surface area (Å²) in [7, 11) is 1.67. The SMILES string of the molecule is COc1ccccc1/C=C1/C=CC2(CCCO2)O1. The molecule has 1 fully saturated rings. The van der Waals surface area contributed by atoms with Crippen LogP contribution in [0.4, 0.5) is 0 Å². The number of allylic oxidation sites excluding steroid dienone is 1.